The van der Waals surface area contributed by atoms with Crippen LogP contribution in [0.15, 0.2) is 0 Å². The van der Waals surface area contributed by atoms with Crippen molar-refractivity contribution >= 4 is 35.6 Å². The molecule has 0 aromatic rings. The zero-order valence-corrected chi connectivity index (χ0v) is 36.4. The lowest BCUT2D eigenvalue weighted by Crippen LogP contribution is -2.16. The van der Waals surface area contributed by atoms with Crippen molar-refractivity contribution in [3.05, 3.63) is 0 Å². The quantitative estimate of drug-likeness (QED) is 0.0472. The number of carbonyl (C=O) groups is 4. The molecular formula is C44H86O8S. The van der Waals surface area contributed by atoms with Crippen LogP contribution in [0.4, 0.5) is 0 Å². The van der Waals surface area contributed by atoms with Crippen LogP contribution in [0.2, 0.25) is 0 Å². The second-order valence-corrected chi connectivity index (χ2v) is 15.7. The summed E-state index contributed by atoms with van der Waals surface area (Å²) in [6, 6.07) is 0. The molecule has 0 saturated carbocycles. The van der Waals surface area contributed by atoms with Gasteiger partial charge in [-0.2, -0.15) is 11.8 Å². The van der Waals surface area contributed by atoms with E-state index in [0.29, 0.717) is 49.4 Å². The van der Waals surface area contributed by atoms with Gasteiger partial charge in [-0.25, -0.2) is 0 Å². The van der Waals surface area contributed by atoms with Crippen molar-refractivity contribution in [2.24, 2.45) is 11.8 Å². The van der Waals surface area contributed by atoms with Gasteiger partial charge in [0.1, 0.15) is 0 Å². The van der Waals surface area contributed by atoms with Crippen molar-refractivity contribution in [2.75, 3.05) is 24.7 Å². The third-order valence-electron chi connectivity index (χ3n) is 9.33. The molecule has 2 atom stereocenters. The first-order valence-electron chi connectivity index (χ1n) is 21.9. The maximum atomic E-state index is 12.4. The zero-order valence-electron chi connectivity index (χ0n) is 35.5. The van der Waals surface area contributed by atoms with E-state index in [4.69, 9.17) is 19.7 Å². The van der Waals surface area contributed by atoms with Crippen molar-refractivity contribution in [1.29, 1.82) is 0 Å². The Morgan fingerprint density at radius 3 is 0.943 bits per heavy atom. The highest BCUT2D eigenvalue weighted by atomic mass is 32.2. The molecule has 0 heterocycles. The van der Waals surface area contributed by atoms with Gasteiger partial charge < -0.3 is 19.7 Å². The van der Waals surface area contributed by atoms with Crippen LogP contribution in [0.25, 0.3) is 0 Å². The van der Waals surface area contributed by atoms with Gasteiger partial charge in [0.15, 0.2) is 0 Å². The van der Waals surface area contributed by atoms with Gasteiger partial charge in [0.25, 0.3) is 0 Å². The van der Waals surface area contributed by atoms with Gasteiger partial charge in [-0.1, -0.05) is 170 Å². The Balaban J connectivity index is -0.00000218. The van der Waals surface area contributed by atoms with Gasteiger partial charge in [0, 0.05) is 24.3 Å². The highest BCUT2D eigenvalue weighted by Gasteiger charge is 2.14. The highest BCUT2D eigenvalue weighted by molar-refractivity contribution is 7.99. The number of ether oxygens (including phenoxy) is 2. The maximum Gasteiger partial charge on any atom is 0.306 e. The van der Waals surface area contributed by atoms with Gasteiger partial charge >= 0.3 is 23.9 Å². The maximum absolute atomic E-state index is 12.4. The molecule has 53 heavy (non-hydrogen) atoms. The largest absolute Gasteiger partial charge is 0.481 e. The van der Waals surface area contributed by atoms with E-state index >= 15 is 0 Å². The summed E-state index contributed by atoms with van der Waals surface area (Å²) in [5.74, 6) is 0.771. The van der Waals surface area contributed by atoms with Crippen molar-refractivity contribution in [3.8, 4) is 0 Å². The van der Waals surface area contributed by atoms with E-state index in [-0.39, 0.29) is 24.8 Å². The number of carboxylic acids is 2. The molecule has 0 saturated heterocycles. The van der Waals surface area contributed by atoms with Crippen LogP contribution >= 0.6 is 11.8 Å². The molecule has 316 valence electrons. The number of thioether (sulfide) groups is 1. The van der Waals surface area contributed by atoms with E-state index < -0.39 is 11.9 Å². The molecule has 2 N–H and O–H groups in total. The van der Waals surface area contributed by atoms with E-state index in [1.165, 1.54) is 154 Å². The molecule has 0 aliphatic rings. The third-order valence-corrected chi connectivity index (χ3v) is 10.3. The molecule has 0 aromatic carbocycles. The molecule has 0 aromatic heterocycles. The van der Waals surface area contributed by atoms with Gasteiger partial charge in [-0.15, -0.1) is 0 Å². The van der Waals surface area contributed by atoms with Crippen LogP contribution < -0.4 is 0 Å². The van der Waals surface area contributed by atoms with E-state index in [2.05, 4.69) is 27.7 Å². The molecule has 8 nitrogen and oxygen atoms in total. The lowest BCUT2D eigenvalue weighted by atomic mass is 9.95. The Bertz CT molecular complexity index is 742. The summed E-state index contributed by atoms with van der Waals surface area (Å²) in [6.07, 6.45) is 31.9. The van der Waals surface area contributed by atoms with Crippen LogP contribution in [-0.4, -0.2) is 58.8 Å². The molecule has 2 unspecified atom stereocenters. The summed E-state index contributed by atoms with van der Waals surface area (Å²) in [5.41, 5.74) is 0. The van der Waals surface area contributed by atoms with Gasteiger partial charge in [-0.3, -0.25) is 19.2 Å². The van der Waals surface area contributed by atoms with Crippen molar-refractivity contribution in [1.82, 2.24) is 0 Å². The van der Waals surface area contributed by atoms with E-state index in [1.807, 2.05) is 0 Å². The van der Waals surface area contributed by atoms with Crippen LogP contribution in [-0.2, 0) is 28.7 Å². The van der Waals surface area contributed by atoms with Crippen molar-refractivity contribution in [2.45, 2.75) is 221 Å². The van der Waals surface area contributed by atoms with Gasteiger partial charge in [-0.05, 0) is 37.5 Å². The molecule has 0 amide bonds. The fourth-order valence-electron chi connectivity index (χ4n) is 5.75. The lowest BCUT2D eigenvalue weighted by Gasteiger charge is -2.17. The summed E-state index contributed by atoms with van der Waals surface area (Å²) in [4.78, 5) is 43.5. The molecule has 0 fully saturated rings. The first-order valence-corrected chi connectivity index (χ1v) is 23.1. The molecule has 0 aliphatic heterocycles. The van der Waals surface area contributed by atoms with Crippen LogP contribution in [0.3, 0.4) is 0 Å². The molecule has 0 aliphatic carbocycles. The summed E-state index contributed by atoms with van der Waals surface area (Å²) in [5, 5.41) is 15.4. The number of hydrogen-bond donors (Lipinski definition) is 2. The van der Waals surface area contributed by atoms with Gasteiger partial charge in [0.2, 0.25) is 0 Å². The Labute approximate surface area is 331 Å². The summed E-state index contributed by atoms with van der Waals surface area (Å²) in [6.45, 7) is 13.4. The number of carboxylic acid groups (broad SMARTS) is 2. The number of rotatable bonds is 36. The minimum absolute atomic E-state index is 0.0859. The first kappa shape index (κ1) is 55.6. The van der Waals surface area contributed by atoms with Gasteiger partial charge in [0.05, 0.1) is 26.1 Å². The Morgan fingerprint density at radius 2 is 0.679 bits per heavy atom. The SMILES string of the molecule is CCC(=O)O.CCC(=O)O.CCCCCCCCC(CCCCCC)COC(=O)CCSCCC(=O)OCC(CCCCCC)CCCCCCCC. The second kappa shape index (κ2) is 46.4. The predicted octanol–water partition coefficient (Wildman–Crippen LogP) is 13.2. The molecule has 0 rings (SSSR count). The van der Waals surface area contributed by atoms with E-state index in [0.717, 1.165) is 0 Å². The Kier molecular flexibility index (Phi) is 48.6. The first-order chi connectivity index (χ1) is 25.6. The number of unbranched alkanes of at least 4 members (excludes halogenated alkanes) is 16. The standard InChI is InChI=1S/C38H74O4S.2C3H6O2/c1-5-9-13-17-19-23-27-35(25-21-15-11-7-3)33-41-37(39)29-31-43-32-30-38(40)42-34-36(26-22-16-12-8-4)28-24-20-18-14-10-6-2;2*1-2-3(4)5/h35-36H,5-34H2,1-4H3;2*2H2,1H3,(H,4,5). The van der Waals surface area contributed by atoms with Crippen LogP contribution in [0.5, 0.6) is 0 Å². The van der Waals surface area contributed by atoms with E-state index in [9.17, 15) is 19.2 Å². The normalized spacial score (nSPS) is 11.7. The number of aliphatic carboxylic acids is 2. The average molecular weight is 775 g/mol. The second-order valence-electron chi connectivity index (χ2n) is 14.5. The average Bonchev–Trinajstić information content (AvgIpc) is 3.15. The zero-order chi connectivity index (χ0) is 40.2. The van der Waals surface area contributed by atoms with Crippen LogP contribution in [0, 0.1) is 11.8 Å². The van der Waals surface area contributed by atoms with E-state index in [1.54, 1.807) is 25.6 Å². The lowest BCUT2D eigenvalue weighted by molar-refractivity contribution is -0.145. The predicted molar refractivity (Wildman–Crippen MR) is 225 cm³/mol. The fraction of sp³-hybridized carbons (Fsp3) is 0.909. The van der Waals surface area contributed by atoms with Crippen molar-refractivity contribution < 1.29 is 38.9 Å². The number of carbonyl (C=O) groups excluding carboxylic acids is 2. The number of hydrogen-bond acceptors (Lipinski definition) is 7. The van der Waals surface area contributed by atoms with Crippen LogP contribution in [0.1, 0.15) is 221 Å². The Hall–Kier alpha value is -1.77. The molecule has 0 radical (unpaired) electrons. The third kappa shape index (κ3) is 50.2. The Morgan fingerprint density at radius 1 is 0.434 bits per heavy atom. The minimum atomic E-state index is -0.745. The minimum Gasteiger partial charge on any atom is -0.481 e. The summed E-state index contributed by atoms with van der Waals surface area (Å²) < 4.78 is 11.4. The monoisotopic (exact) mass is 775 g/mol. The van der Waals surface area contributed by atoms with Crippen molar-refractivity contribution in [3.63, 3.8) is 0 Å². The molecule has 0 bridgehead atoms. The highest BCUT2D eigenvalue weighted by Crippen LogP contribution is 2.21. The smallest absolute Gasteiger partial charge is 0.306 e. The fourth-order valence-corrected chi connectivity index (χ4v) is 6.57. The molecule has 0 spiro atoms. The number of esters is 2. The summed E-state index contributed by atoms with van der Waals surface area (Å²) in [7, 11) is 0. The topological polar surface area (TPSA) is 127 Å². The summed E-state index contributed by atoms with van der Waals surface area (Å²) >= 11 is 1.66. The molecular weight excluding hydrogens is 689 g/mol. The molecule has 9 heteroatoms.